The summed E-state index contributed by atoms with van der Waals surface area (Å²) >= 11 is 8.01. The summed E-state index contributed by atoms with van der Waals surface area (Å²) in [5.74, 6) is 0.213. The Labute approximate surface area is 254 Å². The van der Waals surface area contributed by atoms with Crippen molar-refractivity contribution in [3.05, 3.63) is 76.8 Å². The van der Waals surface area contributed by atoms with Gasteiger partial charge in [-0.05, 0) is 55.0 Å². The Hall–Kier alpha value is -3.09. The predicted molar refractivity (Wildman–Crippen MR) is 168 cm³/mol. The first-order chi connectivity index (χ1) is 19.2. The second-order valence-corrected chi connectivity index (χ2v) is 12.5. The van der Waals surface area contributed by atoms with E-state index in [1.807, 2.05) is 19.1 Å². The van der Waals surface area contributed by atoms with Gasteiger partial charge in [0.05, 0.1) is 38.5 Å². The Balaban J connectivity index is 0.00000387. The Bertz CT molecular complexity index is 1580. The molecular weight excluding hydrogens is 605 g/mol. The van der Waals surface area contributed by atoms with Crippen LogP contribution in [0.15, 0.2) is 65.6 Å². The lowest BCUT2D eigenvalue weighted by atomic mass is 10.1. The zero-order valence-electron chi connectivity index (χ0n) is 22.6. The number of carbonyl (C=O) groups excluding carboxylic acids is 1. The molecule has 9 nitrogen and oxygen atoms in total. The van der Waals surface area contributed by atoms with E-state index < -0.39 is 10.0 Å². The minimum absolute atomic E-state index is 0. The van der Waals surface area contributed by atoms with E-state index in [4.69, 9.17) is 21.3 Å². The molecule has 1 saturated heterocycles. The molecule has 0 saturated carbocycles. The fourth-order valence-electron chi connectivity index (χ4n) is 4.54. The second kappa shape index (κ2) is 13.3. The Morgan fingerprint density at radius 2 is 1.76 bits per heavy atom. The van der Waals surface area contributed by atoms with Crippen LogP contribution in [0.25, 0.3) is 10.2 Å². The number of aryl methyl sites for hydroxylation is 1. The number of benzene rings is 3. The number of ether oxygens (including phenoxy) is 1. The number of amides is 1. The standard InChI is InChI=1S/C28H30ClN5O4S2.ClH/c1-19-7-12-23(29)26-25(19)31-28(39-26)34-17-15-33(16-18-34)14-13-30-27(35)22-5-3-4-6-24(22)32-40(36,37)21-10-8-20(38-2)9-11-21;/h3-12,32H,13-18H2,1-2H3,(H,30,35);1H. The van der Waals surface area contributed by atoms with Crippen molar-refractivity contribution in [1.82, 2.24) is 15.2 Å². The first-order valence-electron chi connectivity index (χ1n) is 12.8. The number of piperazine rings is 1. The highest BCUT2D eigenvalue weighted by Crippen LogP contribution is 2.35. The van der Waals surface area contributed by atoms with Gasteiger partial charge in [0, 0.05) is 39.3 Å². The normalized spacial score (nSPS) is 14.0. The number of nitrogens with one attached hydrogen (secondary N) is 2. The van der Waals surface area contributed by atoms with E-state index in [-0.39, 0.29) is 34.5 Å². The highest BCUT2D eigenvalue weighted by atomic mass is 35.5. The topological polar surface area (TPSA) is 104 Å². The summed E-state index contributed by atoms with van der Waals surface area (Å²) in [6.07, 6.45) is 0. The average molecular weight is 637 g/mol. The molecule has 41 heavy (non-hydrogen) atoms. The van der Waals surface area contributed by atoms with Crippen molar-refractivity contribution >= 4 is 72.3 Å². The summed E-state index contributed by atoms with van der Waals surface area (Å²) in [5, 5.41) is 4.64. The molecule has 5 rings (SSSR count). The zero-order valence-corrected chi connectivity index (χ0v) is 25.8. The molecule has 0 atom stereocenters. The minimum Gasteiger partial charge on any atom is -0.497 e. The number of para-hydroxylation sites is 1. The van der Waals surface area contributed by atoms with Crippen molar-refractivity contribution < 1.29 is 17.9 Å². The lowest BCUT2D eigenvalue weighted by Gasteiger charge is -2.34. The van der Waals surface area contributed by atoms with Gasteiger partial charge in [0.2, 0.25) is 0 Å². The first-order valence-corrected chi connectivity index (χ1v) is 15.5. The number of methoxy groups -OCH3 is 1. The molecule has 2 N–H and O–H groups in total. The van der Waals surface area contributed by atoms with Crippen LogP contribution >= 0.6 is 35.3 Å². The number of hydrogen-bond acceptors (Lipinski definition) is 8. The van der Waals surface area contributed by atoms with Gasteiger partial charge in [0.25, 0.3) is 15.9 Å². The fraction of sp³-hybridized carbons (Fsp3) is 0.286. The monoisotopic (exact) mass is 635 g/mol. The van der Waals surface area contributed by atoms with E-state index in [2.05, 4.69) is 19.8 Å². The van der Waals surface area contributed by atoms with Gasteiger partial charge in [-0.15, -0.1) is 12.4 Å². The minimum atomic E-state index is -3.88. The number of sulfonamides is 1. The lowest BCUT2D eigenvalue weighted by Crippen LogP contribution is -2.48. The molecule has 1 aromatic heterocycles. The molecule has 1 fully saturated rings. The number of rotatable bonds is 9. The number of nitrogens with zero attached hydrogens (tertiary/aromatic N) is 3. The molecule has 4 aromatic rings. The van der Waals surface area contributed by atoms with Crippen molar-refractivity contribution in [2.24, 2.45) is 0 Å². The Kier molecular flexibility index (Phi) is 9.98. The van der Waals surface area contributed by atoms with Crippen LogP contribution in [0.4, 0.5) is 10.8 Å². The summed E-state index contributed by atoms with van der Waals surface area (Å²) in [5.41, 5.74) is 2.56. The van der Waals surface area contributed by atoms with Gasteiger partial charge in [-0.1, -0.05) is 41.1 Å². The number of thiazole rings is 1. The molecular formula is C28H31Cl2N5O4S2. The van der Waals surface area contributed by atoms with Crippen molar-refractivity contribution in [3.63, 3.8) is 0 Å². The summed E-state index contributed by atoms with van der Waals surface area (Å²) in [6.45, 7) is 6.52. The highest BCUT2D eigenvalue weighted by molar-refractivity contribution is 7.92. The van der Waals surface area contributed by atoms with Gasteiger partial charge in [-0.3, -0.25) is 14.4 Å². The maximum Gasteiger partial charge on any atom is 0.261 e. The molecule has 3 aromatic carbocycles. The summed E-state index contributed by atoms with van der Waals surface area (Å²) < 4.78 is 34.5. The second-order valence-electron chi connectivity index (χ2n) is 9.45. The van der Waals surface area contributed by atoms with Crippen LogP contribution in [0.2, 0.25) is 5.02 Å². The third-order valence-corrected chi connectivity index (χ3v) is 9.79. The molecule has 1 aliphatic heterocycles. The predicted octanol–water partition coefficient (Wildman–Crippen LogP) is 5.04. The molecule has 218 valence electrons. The van der Waals surface area contributed by atoms with Crippen molar-refractivity contribution in [3.8, 4) is 5.75 Å². The summed E-state index contributed by atoms with van der Waals surface area (Å²) in [4.78, 5) is 22.5. The molecule has 0 spiro atoms. The van der Waals surface area contributed by atoms with E-state index in [0.717, 1.165) is 52.1 Å². The maximum absolute atomic E-state index is 13.0. The number of carbonyl (C=O) groups is 1. The largest absolute Gasteiger partial charge is 0.497 e. The number of aromatic nitrogens is 1. The molecule has 1 aliphatic rings. The molecule has 2 heterocycles. The zero-order chi connectivity index (χ0) is 28.3. The van der Waals surface area contributed by atoms with Crippen LogP contribution in [0, 0.1) is 6.92 Å². The number of hydrogen-bond donors (Lipinski definition) is 2. The van der Waals surface area contributed by atoms with Crippen LogP contribution in [-0.2, 0) is 10.0 Å². The summed E-state index contributed by atoms with van der Waals surface area (Å²) in [6, 6.07) is 16.5. The fourth-order valence-corrected chi connectivity index (χ4v) is 6.99. The lowest BCUT2D eigenvalue weighted by molar-refractivity contribution is 0.0948. The highest BCUT2D eigenvalue weighted by Gasteiger charge is 2.22. The van der Waals surface area contributed by atoms with E-state index in [9.17, 15) is 13.2 Å². The maximum atomic E-state index is 13.0. The number of anilines is 2. The van der Waals surface area contributed by atoms with Crippen LogP contribution in [-0.4, -0.2) is 70.6 Å². The van der Waals surface area contributed by atoms with Crippen molar-refractivity contribution in [2.45, 2.75) is 11.8 Å². The van der Waals surface area contributed by atoms with Gasteiger partial charge in [0.15, 0.2) is 5.13 Å². The quantitative estimate of drug-likeness (QED) is 0.265. The SMILES string of the molecule is COc1ccc(S(=O)(=O)Nc2ccccc2C(=O)NCCN2CCN(c3nc4c(C)ccc(Cl)c4s3)CC2)cc1.Cl. The number of halogens is 2. The van der Waals surface area contributed by atoms with Gasteiger partial charge in [0.1, 0.15) is 5.75 Å². The van der Waals surface area contributed by atoms with Gasteiger partial charge < -0.3 is 15.0 Å². The van der Waals surface area contributed by atoms with Crippen LogP contribution in [0.3, 0.4) is 0 Å². The summed E-state index contributed by atoms with van der Waals surface area (Å²) in [7, 11) is -2.37. The molecule has 0 radical (unpaired) electrons. The van der Waals surface area contributed by atoms with Crippen molar-refractivity contribution in [1.29, 1.82) is 0 Å². The van der Waals surface area contributed by atoms with Crippen LogP contribution in [0.1, 0.15) is 15.9 Å². The van der Waals surface area contributed by atoms with Gasteiger partial charge in [-0.25, -0.2) is 13.4 Å². The van der Waals surface area contributed by atoms with E-state index in [1.54, 1.807) is 47.7 Å². The van der Waals surface area contributed by atoms with E-state index in [1.165, 1.54) is 19.2 Å². The molecule has 13 heteroatoms. The van der Waals surface area contributed by atoms with E-state index >= 15 is 0 Å². The van der Waals surface area contributed by atoms with Gasteiger partial charge in [-0.2, -0.15) is 0 Å². The Morgan fingerprint density at radius 1 is 1.05 bits per heavy atom. The number of fused-ring (bicyclic) bond motifs is 1. The van der Waals surface area contributed by atoms with Crippen molar-refractivity contribution in [2.75, 3.05) is 56.0 Å². The molecule has 1 amide bonds. The van der Waals surface area contributed by atoms with Crippen LogP contribution < -0.4 is 19.7 Å². The Morgan fingerprint density at radius 3 is 2.44 bits per heavy atom. The van der Waals surface area contributed by atoms with E-state index in [0.29, 0.717) is 18.8 Å². The van der Waals surface area contributed by atoms with Crippen LogP contribution in [0.5, 0.6) is 5.75 Å². The third kappa shape index (κ3) is 7.04. The smallest absolute Gasteiger partial charge is 0.261 e. The third-order valence-electron chi connectivity index (χ3n) is 6.83. The average Bonchev–Trinajstić information content (AvgIpc) is 3.43. The molecule has 0 unspecified atom stereocenters. The van der Waals surface area contributed by atoms with Gasteiger partial charge >= 0.3 is 0 Å². The molecule has 0 bridgehead atoms. The first kappa shape index (κ1) is 30.9. The molecule has 0 aliphatic carbocycles.